The summed E-state index contributed by atoms with van der Waals surface area (Å²) in [5.41, 5.74) is -0.104. The highest BCUT2D eigenvalue weighted by Gasteiger charge is 2.45. The van der Waals surface area contributed by atoms with Gasteiger partial charge in [-0.25, -0.2) is 9.59 Å². The molecule has 6 nitrogen and oxygen atoms in total. The number of esters is 1. The van der Waals surface area contributed by atoms with Crippen LogP contribution < -0.4 is 5.32 Å². The number of rotatable bonds is 3. The molecule has 1 aliphatic carbocycles. The van der Waals surface area contributed by atoms with Crippen LogP contribution in [-0.4, -0.2) is 29.5 Å². The van der Waals surface area contributed by atoms with Gasteiger partial charge in [-0.05, 0) is 29.9 Å². The van der Waals surface area contributed by atoms with Crippen LogP contribution in [0.4, 0.5) is 4.79 Å². The number of amides is 1. The van der Waals surface area contributed by atoms with Crippen molar-refractivity contribution in [2.24, 2.45) is 0 Å². The molecular weight excluding hydrogens is 298 g/mol. The van der Waals surface area contributed by atoms with Gasteiger partial charge in [-0.1, -0.05) is 30.3 Å². The van der Waals surface area contributed by atoms with Gasteiger partial charge in [-0.15, -0.1) is 0 Å². The number of ketones is 1. The number of alkyl carbamates (subject to hydrolysis) is 1. The van der Waals surface area contributed by atoms with Crippen LogP contribution >= 0.6 is 0 Å². The minimum Gasteiger partial charge on any atom is -0.449 e. The van der Waals surface area contributed by atoms with Gasteiger partial charge in [0.1, 0.15) is 12.6 Å². The second-order valence-corrected chi connectivity index (χ2v) is 5.41. The van der Waals surface area contributed by atoms with Gasteiger partial charge in [0, 0.05) is 6.42 Å². The second-order valence-electron chi connectivity index (χ2n) is 5.41. The molecule has 0 saturated carbocycles. The van der Waals surface area contributed by atoms with Crippen molar-refractivity contribution in [3.63, 3.8) is 0 Å². The van der Waals surface area contributed by atoms with Crippen LogP contribution in [0, 0.1) is 0 Å². The number of carbonyl (C=O) groups excluding carboxylic acids is 3. The first-order chi connectivity index (χ1) is 11.1. The molecule has 1 N–H and O–H groups in total. The van der Waals surface area contributed by atoms with Crippen molar-refractivity contribution in [1.29, 1.82) is 0 Å². The number of allylic oxidation sites excluding steroid dienone is 2. The molecule has 23 heavy (non-hydrogen) atoms. The summed E-state index contributed by atoms with van der Waals surface area (Å²) in [6, 6.07) is 8.42. The number of hydrogen-bond donors (Lipinski definition) is 1. The largest absolute Gasteiger partial charge is 0.449 e. The van der Waals surface area contributed by atoms with E-state index >= 15 is 0 Å². The van der Waals surface area contributed by atoms with Gasteiger partial charge < -0.3 is 14.8 Å². The minimum absolute atomic E-state index is 0.119. The van der Waals surface area contributed by atoms with Gasteiger partial charge in [0.05, 0.1) is 0 Å². The van der Waals surface area contributed by atoms with Gasteiger partial charge in [0.15, 0.2) is 11.4 Å². The first kappa shape index (κ1) is 15.0. The lowest BCUT2D eigenvalue weighted by atomic mass is 9.93. The molecule has 1 saturated heterocycles. The molecule has 1 spiro atoms. The minimum atomic E-state index is -0.956. The topological polar surface area (TPSA) is 81.7 Å². The van der Waals surface area contributed by atoms with Crippen molar-refractivity contribution in [3.8, 4) is 0 Å². The summed E-state index contributed by atoms with van der Waals surface area (Å²) in [5.74, 6) is -0.712. The van der Waals surface area contributed by atoms with Crippen molar-refractivity contribution in [1.82, 2.24) is 5.32 Å². The van der Waals surface area contributed by atoms with Gasteiger partial charge in [0.25, 0.3) is 0 Å². The highest BCUT2D eigenvalue weighted by Crippen LogP contribution is 2.31. The first-order valence-electron chi connectivity index (χ1n) is 7.19. The predicted molar refractivity (Wildman–Crippen MR) is 80.3 cm³/mol. The lowest BCUT2D eigenvalue weighted by Gasteiger charge is -2.21. The number of hydrogen-bond acceptors (Lipinski definition) is 5. The molecule has 1 atom stereocenters. The Balaban J connectivity index is 1.55. The lowest BCUT2D eigenvalue weighted by Crippen LogP contribution is -2.38. The van der Waals surface area contributed by atoms with E-state index in [0.29, 0.717) is 0 Å². The molecule has 1 amide bonds. The molecule has 1 aromatic rings. The Kier molecular flexibility index (Phi) is 3.97. The molecule has 0 radical (unpaired) electrons. The van der Waals surface area contributed by atoms with E-state index in [1.165, 1.54) is 24.3 Å². The van der Waals surface area contributed by atoms with E-state index in [9.17, 15) is 14.4 Å². The summed E-state index contributed by atoms with van der Waals surface area (Å²) in [6.07, 6.45) is 5.31. The van der Waals surface area contributed by atoms with Crippen LogP contribution in [0.5, 0.6) is 0 Å². The van der Waals surface area contributed by atoms with Gasteiger partial charge in [-0.2, -0.15) is 0 Å². The van der Waals surface area contributed by atoms with Gasteiger partial charge in [0.2, 0.25) is 0 Å². The van der Waals surface area contributed by atoms with E-state index in [4.69, 9.17) is 9.47 Å². The van der Waals surface area contributed by atoms with E-state index in [0.717, 1.165) is 5.56 Å². The Hall–Kier alpha value is -2.89. The monoisotopic (exact) mass is 313 g/mol. The fourth-order valence-electron chi connectivity index (χ4n) is 2.48. The number of benzene rings is 1. The third-order valence-electron chi connectivity index (χ3n) is 3.66. The number of nitrogens with one attached hydrogen (secondary N) is 1. The van der Waals surface area contributed by atoms with E-state index < -0.39 is 23.7 Å². The summed E-state index contributed by atoms with van der Waals surface area (Å²) < 4.78 is 10.4. The normalized spacial score (nSPS) is 21.3. The molecule has 1 fully saturated rings. The number of carbonyl (C=O) groups is 3. The maximum Gasteiger partial charge on any atom is 0.408 e. The van der Waals surface area contributed by atoms with Crippen molar-refractivity contribution >= 4 is 17.8 Å². The van der Waals surface area contributed by atoms with Crippen LogP contribution in [0.15, 0.2) is 54.6 Å². The van der Waals surface area contributed by atoms with Crippen LogP contribution in [0.3, 0.4) is 0 Å². The second kappa shape index (κ2) is 6.08. The van der Waals surface area contributed by atoms with E-state index in [1.54, 1.807) is 0 Å². The fourth-order valence-corrected chi connectivity index (χ4v) is 2.48. The van der Waals surface area contributed by atoms with Crippen LogP contribution in [0.1, 0.15) is 12.0 Å². The van der Waals surface area contributed by atoms with Gasteiger partial charge in [-0.3, -0.25) is 4.79 Å². The summed E-state index contributed by atoms with van der Waals surface area (Å²) in [6.45, 7) is 0.119. The Morgan fingerprint density at radius 3 is 2.61 bits per heavy atom. The zero-order chi connectivity index (χ0) is 16.3. The Morgan fingerprint density at radius 2 is 1.91 bits per heavy atom. The Labute approximate surface area is 132 Å². The average Bonchev–Trinajstić information content (AvgIpc) is 2.85. The molecule has 2 aliphatic rings. The van der Waals surface area contributed by atoms with Crippen LogP contribution in [0.2, 0.25) is 0 Å². The van der Waals surface area contributed by atoms with Crippen LogP contribution in [0.25, 0.3) is 0 Å². The zero-order valence-electron chi connectivity index (χ0n) is 12.2. The molecule has 6 heteroatoms. The van der Waals surface area contributed by atoms with Crippen molar-refractivity contribution in [2.75, 3.05) is 0 Å². The average molecular weight is 313 g/mol. The molecule has 118 valence electrons. The standard InChI is InChI=1S/C17H15NO5/c19-13-6-8-17(9-7-13)10-14(15(20)23-17)18-16(21)22-11-12-4-2-1-3-5-12/h1-9,14H,10-11H2,(H,18,21)/t14-/m0/s1. The van der Waals surface area contributed by atoms with Crippen molar-refractivity contribution < 1.29 is 23.9 Å². The summed E-state index contributed by atoms with van der Waals surface area (Å²) >= 11 is 0. The summed E-state index contributed by atoms with van der Waals surface area (Å²) in [4.78, 5) is 34.9. The van der Waals surface area contributed by atoms with Crippen molar-refractivity contribution in [3.05, 3.63) is 60.2 Å². The Bertz CT molecular complexity index is 676. The molecule has 1 heterocycles. The van der Waals surface area contributed by atoms with Gasteiger partial charge >= 0.3 is 12.1 Å². The van der Waals surface area contributed by atoms with E-state index in [-0.39, 0.29) is 18.8 Å². The van der Waals surface area contributed by atoms with Crippen LogP contribution in [-0.2, 0) is 25.7 Å². The summed E-state index contributed by atoms with van der Waals surface area (Å²) in [5, 5.41) is 2.49. The lowest BCUT2D eigenvalue weighted by molar-refractivity contribution is -0.144. The first-order valence-corrected chi connectivity index (χ1v) is 7.19. The fraction of sp³-hybridized carbons (Fsp3) is 0.235. The molecule has 0 bridgehead atoms. The highest BCUT2D eigenvalue weighted by molar-refractivity contribution is 6.01. The Morgan fingerprint density at radius 1 is 1.22 bits per heavy atom. The van der Waals surface area contributed by atoms with E-state index in [1.807, 2.05) is 30.3 Å². The highest BCUT2D eigenvalue weighted by atomic mass is 16.6. The molecule has 0 unspecified atom stereocenters. The smallest absolute Gasteiger partial charge is 0.408 e. The molecule has 3 rings (SSSR count). The maximum absolute atomic E-state index is 11.9. The van der Waals surface area contributed by atoms with Crippen molar-refractivity contribution in [2.45, 2.75) is 24.7 Å². The number of ether oxygens (including phenoxy) is 2. The summed E-state index contributed by atoms with van der Waals surface area (Å²) in [7, 11) is 0. The molecule has 0 aromatic heterocycles. The SMILES string of the molecule is O=C1C=CC2(C=C1)C[C@H](NC(=O)OCc1ccccc1)C(=O)O2. The molecule has 1 aliphatic heterocycles. The maximum atomic E-state index is 11.9. The third-order valence-corrected chi connectivity index (χ3v) is 3.66. The predicted octanol–water partition coefficient (Wildman–Crippen LogP) is 1.66. The van der Waals surface area contributed by atoms with E-state index in [2.05, 4.69) is 5.32 Å². The zero-order valence-corrected chi connectivity index (χ0v) is 12.2. The molecule has 1 aromatic carbocycles. The third kappa shape index (κ3) is 3.48. The quantitative estimate of drug-likeness (QED) is 0.858. The molecular formula is C17H15NO5.